The first-order chi connectivity index (χ1) is 9.28. The van der Waals surface area contributed by atoms with E-state index in [1.54, 1.807) is 0 Å². The third kappa shape index (κ3) is 2.22. The molecule has 0 unspecified atom stereocenters. The van der Waals surface area contributed by atoms with Gasteiger partial charge in [-0.05, 0) is 29.7 Å². The zero-order valence-corrected chi connectivity index (χ0v) is 11.1. The Bertz CT molecular complexity index is 693. The minimum Gasteiger partial charge on any atom is -0.397 e. The lowest BCUT2D eigenvalue weighted by molar-refractivity contribution is 0.837. The maximum absolute atomic E-state index is 6.08. The first-order valence-corrected chi connectivity index (χ1v) is 6.69. The molecule has 2 nitrogen and oxygen atoms in total. The summed E-state index contributed by atoms with van der Waals surface area (Å²) in [6, 6.07) is 17.0. The molecule has 3 aromatic rings. The van der Waals surface area contributed by atoms with Gasteiger partial charge in [-0.2, -0.15) is 0 Å². The molecule has 19 heavy (non-hydrogen) atoms. The summed E-state index contributed by atoms with van der Waals surface area (Å²) in [7, 11) is 0. The van der Waals surface area contributed by atoms with Gasteiger partial charge < -0.3 is 10.3 Å². The lowest BCUT2D eigenvalue weighted by atomic mass is 10.1. The number of aromatic nitrogens is 1. The molecule has 0 atom stereocenters. The predicted octanol–water partition coefficient (Wildman–Crippen LogP) is 3.83. The average molecular weight is 250 g/mol. The molecule has 2 N–H and O–H groups in total. The third-order valence-electron chi connectivity index (χ3n) is 3.60. The van der Waals surface area contributed by atoms with Gasteiger partial charge in [0.25, 0.3) is 0 Å². The van der Waals surface area contributed by atoms with Crippen LogP contribution in [-0.4, -0.2) is 4.57 Å². The van der Waals surface area contributed by atoms with Crippen molar-refractivity contribution < 1.29 is 0 Å². The Balaban J connectivity index is 1.96. The van der Waals surface area contributed by atoms with E-state index < -0.39 is 0 Å². The number of rotatable bonds is 3. The number of nitrogen functional groups attached to an aromatic ring is 1. The van der Waals surface area contributed by atoms with Gasteiger partial charge in [-0.15, -0.1) is 0 Å². The zero-order chi connectivity index (χ0) is 13.2. The van der Waals surface area contributed by atoms with Crippen molar-refractivity contribution in [1.29, 1.82) is 0 Å². The average Bonchev–Trinajstić information content (AvgIpc) is 2.84. The summed E-state index contributed by atoms with van der Waals surface area (Å²) in [6.45, 7) is 3.04. The number of nitrogens with zero attached hydrogens (tertiary/aromatic N) is 1. The van der Waals surface area contributed by atoms with E-state index in [9.17, 15) is 0 Å². The Morgan fingerprint density at radius 1 is 0.947 bits per heavy atom. The first kappa shape index (κ1) is 11.8. The molecule has 0 fully saturated rings. The van der Waals surface area contributed by atoms with Crippen molar-refractivity contribution >= 4 is 16.6 Å². The molecule has 0 aliphatic carbocycles. The molecule has 0 amide bonds. The van der Waals surface area contributed by atoms with Gasteiger partial charge in [-0.25, -0.2) is 0 Å². The van der Waals surface area contributed by atoms with E-state index in [2.05, 4.69) is 54.1 Å². The van der Waals surface area contributed by atoms with Gasteiger partial charge in [-0.3, -0.25) is 0 Å². The largest absolute Gasteiger partial charge is 0.397 e. The quantitative estimate of drug-likeness (QED) is 0.704. The van der Waals surface area contributed by atoms with Crippen LogP contribution in [0.15, 0.2) is 54.7 Å². The topological polar surface area (TPSA) is 30.9 Å². The van der Waals surface area contributed by atoms with E-state index in [-0.39, 0.29) is 0 Å². The highest BCUT2D eigenvalue weighted by atomic mass is 15.0. The third-order valence-corrected chi connectivity index (χ3v) is 3.60. The highest BCUT2D eigenvalue weighted by molar-refractivity contribution is 5.90. The second-order valence-electron chi connectivity index (χ2n) is 4.90. The Labute approximate surface area is 113 Å². The van der Waals surface area contributed by atoms with Gasteiger partial charge in [-0.1, -0.05) is 43.3 Å². The molecule has 0 aliphatic rings. The molecule has 0 bridgehead atoms. The van der Waals surface area contributed by atoms with Crippen molar-refractivity contribution in [2.45, 2.75) is 19.9 Å². The van der Waals surface area contributed by atoms with E-state index >= 15 is 0 Å². The van der Waals surface area contributed by atoms with E-state index in [4.69, 9.17) is 5.73 Å². The van der Waals surface area contributed by atoms with Crippen LogP contribution >= 0.6 is 0 Å². The SMILES string of the molecule is CCc1ccc(Cn2ccc3cccc(N)c32)cc1. The summed E-state index contributed by atoms with van der Waals surface area (Å²) >= 11 is 0. The molecule has 0 aliphatic heterocycles. The molecule has 0 spiro atoms. The molecular formula is C17H18N2. The van der Waals surface area contributed by atoms with E-state index in [0.717, 1.165) is 24.2 Å². The smallest absolute Gasteiger partial charge is 0.0716 e. The lowest BCUT2D eigenvalue weighted by Crippen LogP contribution is -2.00. The standard InChI is InChI=1S/C17H18N2/c1-2-13-6-8-14(9-7-13)12-19-11-10-15-4-3-5-16(18)17(15)19/h3-11H,2,12,18H2,1H3. The molecule has 0 saturated heterocycles. The van der Waals surface area contributed by atoms with E-state index in [0.29, 0.717) is 0 Å². The molecule has 2 heteroatoms. The molecule has 1 aromatic heterocycles. The van der Waals surface area contributed by atoms with Crippen LogP contribution in [0.1, 0.15) is 18.1 Å². The number of fused-ring (bicyclic) bond motifs is 1. The van der Waals surface area contributed by atoms with E-state index in [1.807, 2.05) is 12.1 Å². The minimum atomic E-state index is 0.840. The number of anilines is 1. The van der Waals surface area contributed by atoms with Gasteiger partial charge in [0.1, 0.15) is 0 Å². The number of aryl methyl sites for hydroxylation is 1. The molecule has 2 aromatic carbocycles. The van der Waals surface area contributed by atoms with E-state index in [1.165, 1.54) is 16.5 Å². The second-order valence-corrected chi connectivity index (χ2v) is 4.90. The Hall–Kier alpha value is -2.22. The minimum absolute atomic E-state index is 0.840. The number of hydrogen-bond acceptors (Lipinski definition) is 1. The summed E-state index contributed by atoms with van der Waals surface area (Å²) in [4.78, 5) is 0. The highest BCUT2D eigenvalue weighted by Crippen LogP contribution is 2.23. The molecule has 0 radical (unpaired) electrons. The fourth-order valence-electron chi connectivity index (χ4n) is 2.50. The molecule has 96 valence electrons. The van der Waals surface area contributed by atoms with Crippen molar-refractivity contribution in [2.75, 3.05) is 5.73 Å². The summed E-state index contributed by atoms with van der Waals surface area (Å²) in [5, 5.41) is 1.20. The molecule has 3 rings (SSSR count). The van der Waals surface area contributed by atoms with Crippen LogP contribution in [0.5, 0.6) is 0 Å². The second kappa shape index (κ2) is 4.81. The van der Waals surface area contributed by atoms with Crippen LogP contribution in [0.4, 0.5) is 5.69 Å². The number of nitrogens with two attached hydrogens (primary N) is 1. The summed E-state index contributed by atoms with van der Waals surface area (Å²) in [5.41, 5.74) is 10.7. The number of benzene rings is 2. The Kier molecular flexibility index (Phi) is 3.00. The Morgan fingerprint density at radius 3 is 2.42 bits per heavy atom. The van der Waals surface area contributed by atoms with Crippen molar-refractivity contribution in [3.05, 3.63) is 65.9 Å². The highest BCUT2D eigenvalue weighted by Gasteiger charge is 2.04. The number of hydrogen-bond donors (Lipinski definition) is 1. The van der Waals surface area contributed by atoms with Crippen molar-refractivity contribution in [1.82, 2.24) is 4.57 Å². The molecular weight excluding hydrogens is 232 g/mol. The van der Waals surface area contributed by atoms with Crippen LogP contribution < -0.4 is 5.73 Å². The lowest BCUT2D eigenvalue weighted by Gasteiger charge is -2.08. The zero-order valence-electron chi connectivity index (χ0n) is 11.1. The van der Waals surface area contributed by atoms with Gasteiger partial charge >= 0.3 is 0 Å². The van der Waals surface area contributed by atoms with Crippen LogP contribution in [0.25, 0.3) is 10.9 Å². The van der Waals surface area contributed by atoms with Gasteiger partial charge in [0.05, 0.1) is 11.2 Å². The van der Waals surface area contributed by atoms with Crippen LogP contribution in [0, 0.1) is 0 Å². The fraction of sp³-hybridized carbons (Fsp3) is 0.176. The monoisotopic (exact) mass is 250 g/mol. The maximum Gasteiger partial charge on any atom is 0.0716 e. The van der Waals surface area contributed by atoms with Crippen LogP contribution in [0.2, 0.25) is 0 Å². The van der Waals surface area contributed by atoms with Crippen molar-refractivity contribution in [2.24, 2.45) is 0 Å². The Morgan fingerprint density at radius 2 is 1.68 bits per heavy atom. The number of para-hydroxylation sites is 1. The van der Waals surface area contributed by atoms with Crippen LogP contribution in [0.3, 0.4) is 0 Å². The van der Waals surface area contributed by atoms with Crippen molar-refractivity contribution in [3.8, 4) is 0 Å². The molecule has 1 heterocycles. The fourth-order valence-corrected chi connectivity index (χ4v) is 2.50. The van der Waals surface area contributed by atoms with Crippen molar-refractivity contribution in [3.63, 3.8) is 0 Å². The maximum atomic E-state index is 6.08. The first-order valence-electron chi connectivity index (χ1n) is 6.69. The summed E-state index contributed by atoms with van der Waals surface area (Å²) in [6.07, 6.45) is 3.19. The van der Waals surface area contributed by atoms with Crippen LogP contribution in [-0.2, 0) is 13.0 Å². The van der Waals surface area contributed by atoms with Gasteiger partial charge in [0.15, 0.2) is 0 Å². The predicted molar refractivity (Wildman–Crippen MR) is 81.3 cm³/mol. The summed E-state index contributed by atoms with van der Waals surface area (Å²) < 4.78 is 2.21. The summed E-state index contributed by atoms with van der Waals surface area (Å²) in [5.74, 6) is 0. The van der Waals surface area contributed by atoms with Gasteiger partial charge in [0, 0.05) is 18.1 Å². The molecule has 0 saturated carbocycles. The normalized spacial score (nSPS) is 11.0. The van der Waals surface area contributed by atoms with Gasteiger partial charge in [0.2, 0.25) is 0 Å².